The zero-order chi connectivity index (χ0) is 59.6. The van der Waals surface area contributed by atoms with Crippen LogP contribution < -0.4 is 5.43 Å². The number of methoxy groups -OCH3 is 2. The van der Waals surface area contributed by atoms with Gasteiger partial charge in [-0.15, -0.1) is 0 Å². The molecule has 3 saturated heterocycles. The number of hydrogen-bond acceptors (Lipinski definition) is 19. The molecule has 0 aliphatic carbocycles. The Morgan fingerprint density at radius 3 is 2.17 bits per heavy atom. The van der Waals surface area contributed by atoms with E-state index in [2.05, 4.69) is 4.90 Å². The number of carboxylic acids is 1. The number of benzene rings is 1. The van der Waals surface area contributed by atoms with Gasteiger partial charge >= 0.3 is 17.9 Å². The summed E-state index contributed by atoms with van der Waals surface area (Å²) >= 11 is 0. The van der Waals surface area contributed by atoms with E-state index in [1.807, 2.05) is 79.7 Å². The van der Waals surface area contributed by atoms with Gasteiger partial charge in [-0.05, 0) is 132 Å². The molecule has 2 aromatic rings. The monoisotopic (exact) mass is 1140 g/mol. The Labute approximate surface area is 473 Å². The highest BCUT2D eigenvalue weighted by Gasteiger charge is 2.54. The number of cyclic esters (lactones) is 1. The van der Waals surface area contributed by atoms with Gasteiger partial charge in [-0.2, -0.15) is 0 Å². The lowest BCUT2D eigenvalue weighted by Gasteiger charge is -2.49. The number of fused-ring (bicyclic) bond motifs is 1. The number of carboxylic acid groups (broad SMARTS) is 1. The number of carbonyl (C=O) groups excluding carboxylic acids is 2. The Bertz CT molecular complexity index is 2380. The molecule has 18 atom stereocenters. The summed E-state index contributed by atoms with van der Waals surface area (Å²) in [5, 5.41) is 46.8. The van der Waals surface area contributed by atoms with Gasteiger partial charge < -0.3 is 82.2 Å². The second-order valence-corrected chi connectivity index (χ2v) is 23.7. The molecule has 0 radical (unpaired) electrons. The van der Waals surface area contributed by atoms with E-state index in [-0.39, 0.29) is 75.2 Å². The van der Waals surface area contributed by atoms with Crippen LogP contribution in [0.1, 0.15) is 131 Å². The Hall–Kier alpha value is -3.68. The summed E-state index contributed by atoms with van der Waals surface area (Å²) in [5.74, 6) is -4.50. The van der Waals surface area contributed by atoms with Gasteiger partial charge in [-0.25, -0.2) is 4.79 Å². The normalized spacial score (nSPS) is 36.3. The number of hydrogen-bond donors (Lipinski definition) is 4. The summed E-state index contributed by atoms with van der Waals surface area (Å²) in [6.07, 6.45) is -5.57. The Kier molecular flexibility index (Phi) is 24.5. The molecule has 0 unspecified atom stereocenters. The molecule has 0 saturated carbocycles. The maximum absolute atomic E-state index is 14.7. The topological polar surface area (TPSA) is 253 Å². The van der Waals surface area contributed by atoms with Crippen LogP contribution in [0.2, 0.25) is 0 Å². The fraction of sp³-hybridized carbons (Fsp3) is 0.797. The molecule has 456 valence electrons. The quantitative estimate of drug-likeness (QED) is 0.0926. The van der Waals surface area contributed by atoms with Crippen molar-refractivity contribution in [2.75, 3.05) is 68.3 Å². The lowest BCUT2D eigenvalue weighted by molar-refractivity contribution is -0.318. The summed E-state index contributed by atoms with van der Waals surface area (Å²) in [6.45, 7) is 21.9. The number of aliphatic hydroxyl groups excluding tert-OH is 1. The summed E-state index contributed by atoms with van der Waals surface area (Å²) in [6, 6.07) is 4.85. The van der Waals surface area contributed by atoms with Gasteiger partial charge in [0, 0.05) is 69.9 Å². The van der Waals surface area contributed by atoms with E-state index in [1.165, 1.54) is 20.4 Å². The second kappa shape index (κ2) is 29.2. The fourth-order valence-corrected chi connectivity index (χ4v) is 12.4. The minimum absolute atomic E-state index is 0.0487. The number of likely N-dealkylation sites (N-methyl/N-ethyl adjacent to an activating group) is 2. The van der Waals surface area contributed by atoms with E-state index in [9.17, 15) is 39.6 Å². The fourth-order valence-electron chi connectivity index (χ4n) is 12.4. The number of ether oxygens (including phenoxy) is 10. The maximum atomic E-state index is 14.7. The third kappa shape index (κ3) is 16.4. The first kappa shape index (κ1) is 67.1. The van der Waals surface area contributed by atoms with E-state index in [1.54, 1.807) is 45.3 Å². The Morgan fingerprint density at radius 2 is 1.56 bits per heavy atom. The number of pyridine rings is 1. The number of rotatable bonds is 21. The molecular formula is C59H97N3O18. The standard InChI is InChI=1S/C59H97N3O18/c1-17-45-59(11,70)52(71-15)38(7)61(14)32-34(3)30-57(9,69)51(80-56-49(65)44(60(12)13)28-35(4)75-56)36(5)50(37(6)55(68)77-45)79-47-31-58(10,72-16)53(39(8)76-47)78-46(63)23-25-74-27-26-73-24-19-20-40-21-22-43-41(29-40)48(64)42(54(66)67)33-62(43)18-2/h21-22,29,33-39,44-45,47,49-53,56,65,69-70H,17-20,23-28,30-32H2,1-16H3,(H,66,67)/t34-,35-,36+,37-,38-,39+,44+,45-,47+,49-,50+,51-,52-,53+,56+,57-,58-,59-/m1/s1. The van der Waals surface area contributed by atoms with Crippen LogP contribution in [0.5, 0.6) is 0 Å². The van der Waals surface area contributed by atoms with E-state index < -0.39 is 107 Å². The van der Waals surface area contributed by atoms with Gasteiger partial charge in [0.15, 0.2) is 18.7 Å². The highest BCUT2D eigenvalue weighted by Crippen LogP contribution is 2.41. The van der Waals surface area contributed by atoms with Crippen molar-refractivity contribution in [1.82, 2.24) is 14.4 Å². The summed E-state index contributed by atoms with van der Waals surface area (Å²) in [7, 11) is 8.72. The van der Waals surface area contributed by atoms with Crippen LogP contribution in [0, 0.1) is 17.8 Å². The average Bonchev–Trinajstić information content (AvgIpc) is 3.41. The van der Waals surface area contributed by atoms with E-state index in [0.29, 0.717) is 49.9 Å². The molecular weight excluding hydrogens is 1040 g/mol. The summed E-state index contributed by atoms with van der Waals surface area (Å²) < 4.78 is 64.3. The number of aliphatic hydroxyl groups is 3. The predicted molar refractivity (Wildman–Crippen MR) is 298 cm³/mol. The number of aryl methyl sites for hydroxylation is 2. The van der Waals surface area contributed by atoms with Crippen LogP contribution in [-0.2, 0) is 69.9 Å². The van der Waals surface area contributed by atoms with E-state index in [4.69, 9.17) is 47.4 Å². The van der Waals surface area contributed by atoms with Crippen molar-refractivity contribution >= 4 is 28.8 Å². The first-order valence-electron chi connectivity index (χ1n) is 28.7. The van der Waals surface area contributed by atoms with Crippen molar-refractivity contribution in [3.05, 3.63) is 45.7 Å². The number of esters is 2. The zero-order valence-corrected chi connectivity index (χ0v) is 50.5. The molecule has 1 aromatic heterocycles. The first-order valence-corrected chi connectivity index (χ1v) is 28.7. The summed E-state index contributed by atoms with van der Waals surface area (Å²) in [5.41, 5.74) is -3.59. The highest BCUT2D eigenvalue weighted by molar-refractivity contribution is 5.92. The van der Waals surface area contributed by atoms with Crippen molar-refractivity contribution in [1.29, 1.82) is 0 Å². The van der Waals surface area contributed by atoms with Crippen molar-refractivity contribution in [3.63, 3.8) is 0 Å². The lowest BCUT2D eigenvalue weighted by Crippen LogP contribution is -2.61. The van der Waals surface area contributed by atoms with Crippen molar-refractivity contribution in [2.45, 2.75) is 218 Å². The molecule has 80 heavy (non-hydrogen) atoms. The van der Waals surface area contributed by atoms with Gasteiger partial charge in [-0.1, -0.05) is 26.8 Å². The van der Waals surface area contributed by atoms with Crippen molar-refractivity contribution < 1.29 is 82.2 Å². The first-order chi connectivity index (χ1) is 37.5. The van der Waals surface area contributed by atoms with Gasteiger partial charge in [-0.3, -0.25) is 14.4 Å². The molecule has 3 aliphatic rings. The summed E-state index contributed by atoms with van der Waals surface area (Å²) in [4.78, 5) is 56.7. The Morgan fingerprint density at radius 1 is 0.887 bits per heavy atom. The zero-order valence-electron chi connectivity index (χ0n) is 50.5. The highest BCUT2D eigenvalue weighted by atomic mass is 16.7. The smallest absolute Gasteiger partial charge is 0.341 e. The van der Waals surface area contributed by atoms with Crippen LogP contribution in [-0.4, -0.2) is 211 Å². The third-order valence-corrected chi connectivity index (χ3v) is 16.9. The van der Waals surface area contributed by atoms with Crippen molar-refractivity contribution in [3.8, 4) is 0 Å². The van der Waals surface area contributed by atoms with Gasteiger partial charge in [0.1, 0.15) is 35.1 Å². The average molecular weight is 1140 g/mol. The van der Waals surface area contributed by atoms with Crippen molar-refractivity contribution in [2.24, 2.45) is 17.8 Å². The van der Waals surface area contributed by atoms with E-state index in [0.717, 1.165) is 5.56 Å². The van der Waals surface area contributed by atoms with Crippen LogP contribution in [0.25, 0.3) is 10.9 Å². The molecule has 3 aliphatic heterocycles. The minimum atomic E-state index is -1.63. The van der Waals surface area contributed by atoms with Gasteiger partial charge in [0.2, 0.25) is 5.43 Å². The molecule has 5 rings (SSSR count). The number of carbonyl (C=O) groups is 3. The number of aromatic carboxylic acids is 1. The SMILES string of the molecule is CC[C@H]1OC(=O)[C@H](C)[C@@H](O[C@H]2C[C@@](C)(OC)[C@@H](OC(=O)CCOCCOCCCc3ccc4c(c3)c(=O)c(C(=O)O)cn4CC)[C@H](C)O2)[C@H](C)[C@@H](O[C@@H]2O[C@H](C)C[C@H](N(C)C)[C@H]2O)[C@](C)(O)C[C@@H](C)CN(C)[C@H](C)[C@@H](OC)[C@]1(C)O. The molecule has 0 amide bonds. The number of aromatic nitrogens is 1. The van der Waals surface area contributed by atoms with Gasteiger partial charge in [0.05, 0.1) is 67.7 Å². The van der Waals surface area contributed by atoms with Crippen LogP contribution in [0.3, 0.4) is 0 Å². The molecule has 4 N–H and O–H groups in total. The maximum Gasteiger partial charge on any atom is 0.341 e. The predicted octanol–water partition coefficient (Wildman–Crippen LogP) is 5.19. The van der Waals surface area contributed by atoms with E-state index >= 15 is 0 Å². The molecule has 1 aromatic carbocycles. The molecule has 21 nitrogen and oxygen atoms in total. The third-order valence-electron chi connectivity index (χ3n) is 16.9. The molecule has 4 heterocycles. The Balaban J connectivity index is 1.27. The molecule has 3 fully saturated rings. The minimum Gasteiger partial charge on any atom is -0.477 e. The number of nitrogens with zero attached hydrogens (tertiary/aromatic N) is 3. The van der Waals surface area contributed by atoms with Crippen LogP contribution in [0.4, 0.5) is 0 Å². The molecule has 0 spiro atoms. The van der Waals surface area contributed by atoms with Gasteiger partial charge in [0.25, 0.3) is 0 Å². The lowest BCUT2D eigenvalue weighted by atomic mass is 9.77. The van der Waals surface area contributed by atoms with Crippen LogP contribution >= 0.6 is 0 Å². The largest absolute Gasteiger partial charge is 0.477 e. The molecule has 0 bridgehead atoms. The molecule has 21 heteroatoms. The van der Waals surface area contributed by atoms with Crippen LogP contribution in [0.15, 0.2) is 29.2 Å². The second-order valence-electron chi connectivity index (χ2n) is 23.7.